The summed E-state index contributed by atoms with van der Waals surface area (Å²) < 4.78 is 1.81. The van der Waals surface area contributed by atoms with Crippen molar-refractivity contribution in [3.05, 3.63) is 16.9 Å². The van der Waals surface area contributed by atoms with Gasteiger partial charge >= 0.3 is 0 Å². The van der Waals surface area contributed by atoms with E-state index in [1.165, 1.54) is 0 Å². The first-order valence-corrected chi connectivity index (χ1v) is 6.57. The van der Waals surface area contributed by atoms with Crippen molar-refractivity contribution in [1.29, 1.82) is 0 Å². The number of hydrogen-bond acceptors (Lipinski definition) is 3. The van der Waals surface area contributed by atoms with E-state index < -0.39 is 5.60 Å². The molecular weight excluding hydrogens is 238 g/mol. The lowest BCUT2D eigenvalue weighted by Crippen LogP contribution is -2.31. The first-order valence-electron chi connectivity index (χ1n) is 6.19. The first-order chi connectivity index (χ1) is 8.07. The van der Waals surface area contributed by atoms with Crippen molar-refractivity contribution in [3.63, 3.8) is 0 Å². The molecule has 0 amide bonds. The molecular formula is C12H20ClN3O. The molecule has 17 heavy (non-hydrogen) atoms. The quantitative estimate of drug-likeness (QED) is 0.879. The van der Waals surface area contributed by atoms with E-state index in [1.807, 2.05) is 11.6 Å². The molecule has 1 aromatic heterocycles. The van der Waals surface area contributed by atoms with Gasteiger partial charge in [-0.25, -0.2) is 0 Å². The molecule has 2 rings (SSSR count). The Balaban J connectivity index is 2.32. The van der Waals surface area contributed by atoms with Crippen LogP contribution < -0.4 is 0 Å². The summed E-state index contributed by atoms with van der Waals surface area (Å²) in [5, 5.41) is 15.6. The van der Waals surface area contributed by atoms with Crippen molar-refractivity contribution >= 4 is 11.6 Å². The van der Waals surface area contributed by atoms with E-state index in [9.17, 15) is 5.11 Å². The van der Waals surface area contributed by atoms with Gasteiger partial charge in [0.25, 0.3) is 0 Å². The third kappa shape index (κ3) is 2.49. The van der Waals surface area contributed by atoms with Crippen LogP contribution >= 0.6 is 11.6 Å². The number of likely N-dealkylation sites (tertiary alicyclic amines) is 1. The molecule has 2 heterocycles. The number of aryl methyl sites for hydroxylation is 1. The van der Waals surface area contributed by atoms with E-state index in [0.29, 0.717) is 5.02 Å². The second kappa shape index (κ2) is 4.96. The van der Waals surface area contributed by atoms with Crippen molar-refractivity contribution in [2.45, 2.75) is 38.3 Å². The summed E-state index contributed by atoms with van der Waals surface area (Å²) in [6.45, 7) is 4.67. The second-order valence-corrected chi connectivity index (χ2v) is 5.25. The van der Waals surface area contributed by atoms with Gasteiger partial charge in [-0.2, -0.15) is 5.10 Å². The Morgan fingerprint density at radius 3 is 2.94 bits per heavy atom. The Bertz CT molecular complexity index is 393. The Kier molecular flexibility index (Phi) is 3.76. The second-order valence-electron chi connectivity index (χ2n) is 4.85. The van der Waals surface area contributed by atoms with Gasteiger partial charge in [0.2, 0.25) is 0 Å². The van der Waals surface area contributed by atoms with E-state index in [1.54, 1.807) is 6.20 Å². The molecule has 0 aromatic carbocycles. The van der Waals surface area contributed by atoms with Crippen molar-refractivity contribution in [2.75, 3.05) is 20.1 Å². The summed E-state index contributed by atoms with van der Waals surface area (Å²) in [6.07, 6.45) is 4.09. The summed E-state index contributed by atoms with van der Waals surface area (Å²) in [6, 6.07) is 0. The van der Waals surface area contributed by atoms with E-state index in [2.05, 4.69) is 17.0 Å². The monoisotopic (exact) mass is 257 g/mol. The van der Waals surface area contributed by atoms with E-state index in [0.717, 1.165) is 44.6 Å². The Morgan fingerprint density at radius 2 is 2.24 bits per heavy atom. The molecule has 96 valence electrons. The van der Waals surface area contributed by atoms with Gasteiger partial charge in [-0.05, 0) is 39.8 Å². The minimum atomic E-state index is -0.825. The van der Waals surface area contributed by atoms with Crippen LogP contribution in [0.5, 0.6) is 0 Å². The average Bonchev–Trinajstić information content (AvgIpc) is 2.59. The maximum absolute atomic E-state index is 10.9. The smallest absolute Gasteiger partial charge is 0.109 e. The third-order valence-electron chi connectivity index (χ3n) is 3.57. The molecule has 1 aliphatic heterocycles. The summed E-state index contributed by atoms with van der Waals surface area (Å²) in [4.78, 5) is 2.25. The van der Waals surface area contributed by atoms with Crippen LogP contribution in [0.15, 0.2) is 6.20 Å². The van der Waals surface area contributed by atoms with Crippen LogP contribution in [-0.2, 0) is 12.1 Å². The number of halogens is 1. The highest BCUT2D eigenvalue weighted by atomic mass is 35.5. The molecule has 0 saturated carbocycles. The van der Waals surface area contributed by atoms with E-state index >= 15 is 0 Å². The fourth-order valence-electron chi connectivity index (χ4n) is 2.56. The zero-order chi connectivity index (χ0) is 12.5. The van der Waals surface area contributed by atoms with Crippen LogP contribution in [-0.4, -0.2) is 39.9 Å². The number of nitrogens with zero attached hydrogens (tertiary/aromatic N) is 3. The van der Waals surface area contributed by atoms with Gasteiger partial charge < -0.3 is 10.0 Å². The molecule has 0 bridgehead atoms. The zero-order valence-electron chi connectivity index (χ0n) is 10.5. The maximum atomic E-state index is 10.9. The number of aliphatic hydroxyl groups is 1. The van der Waals surface area contributed by atoms with Crippen LogP contribution in [0, 0.1) is 0 Å². The van der Waals surface area contributed by atoms with Gasteiger partial charge in [-0.15, -0.1) is 0 Å². The zero-order valence-corrected chi connectivity index (χ0v) is 11.2. The van der Waals surface area contributed by atoms with Gasteiger partial charge in [0, 0.05) is 13.1 Å². The standard InChI is InChI=1S/C12H20ClN3O/c1-3-16-11(10(13)9-14-16)12(17)5-4-7-15(2)8-6-12/h9,17H,3-8H2,1-2H3. The highest BCUT2D eigenvalue weighted by molar-refractivity contribution is 6.31. The van der Waals surface area contributed by atoms with E-state index in [4.69, 9.17) is 11.6 Å². The molecule has 4 nitrogen and oxygen atoms in total. The van der Waals surface area contributed by atoms with Gasteiger partial charge in [-0.1, -0.05) is 11.6 Å². The third-order valence-corrected chi connectivity index (χ3v) is 3.85. The number of rotatable bonds is 2. The lowest BCUT2D eigenvalue weighted by molar-refractivity contribution is 0.0132. The molecule has 1 fully saturated rings. The highest BCUT2D eigenvalue weighted by Gasteiger charge is 2.36. The molecule has 1 aliphatic rings. The summed E-state index contributed by atoms with van der Waals surface area (Å²) >= 11 is 6.18. The number of aromatic nitrogens is 2. The summed E-state index contributed by atoms with van der Waals surface area (Å²) in [7, 11) is 2.09. The van der Waals surface area contributed by atoms with Gasteiger partial charge in [0.05, 0.1) is 16.9 Å². The van der Waals surface area contributed by atoms with Gasteiger partial charge in [0.1, 0.15) is 5.60 Å². The van der Waals surface area contributed by atoms with Gasteiger partial charge in [0.15, 0.2) is 0 Å². The average molecular weight is 258 g/mol. The Hall–Kier alpha value is -0.580. The molecule has 1 aromatic rings. The molecule has 0 spiro atoms. The first kappa shape index (κ1) is 12.9. The molecule has 0 aliphatic carbocycles. The largest absolute Gasteiger partial charge is 0.383 e. The molecule has 5 heteroatoms. The maximum Gasteiger partial charge on any atom is 0.109 e. The van der Waals surface area contributed by atoms with Crippen LogP contribution in [0.3, 0.4) is 0 Å². The van der Waals surface area contributed by atoms with Crippen LogP contribution in [0.25, 0.3) is 0 Å². The predicted molar refractivity (Wildman–Crippen MR) is 68.2 cm³/mol. The lowest BCUT2D eigenvalue weighted by atomic mass is 9.91. The highest BCUT2D eigenvalue weighted by Crippen LogP contribution is 2.36. The SMILES string of the molecule is CCn1ncc(Cl)c1C1(O)CCCN(C)CC1. The number of hydrogen-bond donors (Lipinski definition) is 1. The van der Waals surface area contributed by atoms with Crippen molar-refractivity contribution in [2.24, 2.45) is 0 Å². The summed E-state index contributed by atoms with van der Waals surface area (Å²) in [5.41, 5.74) is -0.0362. The van der Waals surface area contributed by atoms with Crippen LogP contribution in [0.4, 0.5) is 0 Å². The van der Waals surface area contributed by atoms with Crippen molar-refractivity contribution in [1.82, 2.24) is 14.7 Å². The lowest BCUT2D eigenvalue weighted by Gasteiger charge is -2.27. The van der Waals surface area contributed by atoms with Gasteiger partial charge in [-0.3, -0.25) is 4.68 Å². The predicted octanol–water partition coefficient (Wildman–Crippen LogP) is 1.86. The van der Waals surface area contributed by atoms with E-state index in [-0.39, 0.29) is 0 Å². The summed E-state index contributed by atoms with van der Waals surface area (Å²) in [5.74, 6) is 0. The van der Waals surface area contributed by atoms with Crippen molar-refractivity contribution < 1.29 is 5.11 Å². The minimum absolute atomic E-state index is 0.582. The minimum Gasteiger partial charge on any atom is -0.383 e. The topological polar surface area (TPSA) is 41.3 Å². The van der Waals surface area contributed by atoms with Crippen molar-refractivity contribution in [3.8, 4) is 0 Å². The fourth-order valence-corrected chi connectivity index (χ4v) is 2.87. The molecule has 1 saturated heterocycles. The normalized spacial score (nSPS) is 27.1. The van der Waals surface area contributed by atoms with Crippen LogP contribution in [0.2, 0.25) is 5.02 Å². The van der Waals surface area contributed by atoms with Crippen LogP contribution in [0.1, 0.15) is 31.9 Å². The molecule has 1 unspecified atom stereocenters. The molecule has 1 N–H and O–H groups in total. The molecule has 1 atom stereocenters. The Morgan fingerprint density at radius 1 is 1.47 bits per heavy atom. The fraction of sp³-hybridized carbons (Fsp3) is 0.750. The molecule has 0 radical (unpaired) electrons. The Labute approximate surface area is 107 Å².